The van der Waals surface area contributed by atoms with Crippen LogP contribution in [0, 0.1) is 39.9 Å². The molecule has 1 aliphatic heterocycles. The van der Waals surface area contributed by atoms with Crippen LogP contribution in [0.15, 0.2) is 52.8 Å². The molecule has 108 valence electrons. The van der Waals surface area contributed by atoms with E-state index in [4.69, 9.17) is 15.3 Å². The van der Waals surface area contributed by atoms with E-state index in [0.717, 1.165) is 11.1 Å². The van der Waals surface area contributed by atoms with Crippen LogP contribution in [-0.2, 0) is 10.3 Å². The van der Waals surface area contributed by atoms with Gasteiger partial charge in [0.2, 0.25) is 0 Å². The van der Waals surface area contributed by atoms with E-state index in [-0.39, 0.29) is 17.3 Å². The SMILES string of the molecule is CC(C)C1=C(C#N)C(=C(C#N)C#N)OC1(C)c1ccccc1. The standard InChI is InChI=1S/C18H15N3O/c1-12(2)16-15(11-21)17(13(9-19)10-20)22-18(16,3)14-7-5-4-6-8-14/h4-8,12H,1-3H3. The fourth-order valence-corrected chi connectivity index (χ4v) is 2.89. The van der Waals surface area contributed by atoms with Gasteiger partial charge in [-0.2, -0.15) is 15.8 Å². The number of benzene rings is 1. The van der Waals surface area contributed by atoms with Gasteiger partial charge in [-0.25, -0.2) is 0 Å². The Morgan fingerprint density at radius 2 is 1.68 bits per heavy atom. The van der Waals surface area contributed by atoms with E-state index >= 15 is 0 Å². The molecule has 0 N–H and O–H groups in total. The molecule has 1 aromatic rings. The van der Waals surface area contributed by atoms with Crippen molar-refractivity contribution in [1.29, 1.82) is 15.8 Å². The van der Waals surface area contributed by atoms with Crippen molar-refractivity contribution in [2.45, 2.75) is 26.4 Å². The predicted molar refractivity (Wildman–Crippen MR) is 80.6 cm³/mol. The molecule has 0 aliphatic carbocycles. The second-order valence-electron chi connectivity index (χ2n) is 5.48. The van der Waals surface area contributed by atoms with Crippen molar-refractivity contribution in [3.05, 3.63) is 58.4 Å². The van der Waals surface area contributed by atoms with Gasteiger partial charge in [0.15, 0.2) is 16.9 Å². The largest absolute Gasteiger partial charge is 0.475 e. The zero-order valence-electron chi connectivity index (χ0n) is 12.7. The zero-order chi connectivity index (χ0) is 16.3. The maximum Gasteiger partial charge on any atom is 0.172 e. The maximum atomic E-state index is 9.53. The molecule has 1 unspecified atom stereocenters. The van der Waals surface area contributed by atoms with Crippen LogP contribution in [0.2, 0.25) is 0 Å². The van der Waals surface area contributed by atoms with Gasteiger partial charge in [0, 0.05) is 5.57 Å². The number of hydrogen-bond donors (Lipinski definition) is 0. The summed E-state index contributed by atoms with van der Waals surface area (Å²) in [6, 6.07) is 15.3. The van der Waals surface area contributed by atoms with E-state index in [1.165, 1.54) is 0 Å². The van der Waals surface area contributed by atoms with E-state index < -0.39 is 5.60 Å². The van der Waals surface area contributed by atoms with Crippen molar-refractivity contribution >= 4 is 0 Å². The highest BCUT2D eigenvalue weighted by atomic mass is 16.5. The highest BCUT2D eigenvalue weighted by molar-refractivity contribution is 5.59. The molecule has 1 aliphatic rings. The first-order valence-corrected chi connectivity index (χ1v) is 6.93. The summed E-state index contributed by atoms with van der Waals surface area (Å²) >= 11 is 0. The number of ether oxygens (including phenoxy) is 1. The fourth-order valence-electron chi connectivity index (χ4n) is 2.89. The summed E-state index contributed by atoms with van der Waals surface area (Å²) in [5.41, 5.74) is 0.944. The van der Waals surface area contributed by atoms with Crippen molar-refractivity contribution in [1.82, 2.24) is 0 Å². The number of hydrogen-bond acceptors (Lipinski definition) is 4. The van der Waals surface area contributed by atoms with Crippen LogP contribution >= 0.6 is 0 Å². The van der Waals surface area contributed by atoms with Crippen LogP contribution in [0.4, 0.5) is 0 Å². The third kappa shape index (κ3) is 2.24. The molecule has 0 spiro atoms. The quantitative estimate of drug-likeness (QED) is 0.777. The molecule has 1 heterocycles. The highest BCUT2D eigenvalue weighted by Gasteiger charge is 2.45. The van der Waals surface area contributed by atoms with Crippen molar-refractivity contribution in [3.8, 4) is 18.2 Å². The zero-order valence-corrected chi connectivity index (χ0v) is 12.7. The van der Waals surface area contributed by atoms with Gasteiger partial charge in [0.05, 0.1) is 5.57 Å². The Morgan fingerprint density at radius 3 is 2.14 bits per heavy atom. The summed E-state index contributed by atoms with van der Waals surface area (Å²) in [4.78, 5) is 0. The molecule has 0 amide bonds. The minimum absolute atomic E-state index is 0.0380. The normalized spacial score (nSPS) is 20.1. The molecule has 0 bridgehead atoms. The third-order valence-electron chi connectivity index (χ3n) is 3.78. The lowest BCUT2D eigenvalue weighted by Crippen LogP contribution is -2.26. The first-order chi connectivity index (χ1) is 10.5. The van der Waals surface area contributed by atoms with Gasteiger partial charge in [-0.15, -0.1) is 0 Å². The number of nitrogens with zero attached hydrogens (tertiary/aromatic N) is 3. The number of nitriles is 3. The van der Waals surface area contributed by atoms with Gasteiger partial charge in [0.1, 0.15) is 18.2 Å². The summed E-state index contributed by atoms with van der Waals surface area (Å²) in [7, 11) is 0. The Hall–Kier alpha value is -3.03. The molecule has 0 aromatic heterocycles. The van der Waals surface area contributed by atoms with Crippen LogP contribution in [-0.4, -0.2) is 0 Å². The Kier molecular flexibility index (Phi) is 4.02. The molecule has 2 rings (SSSR count). The lowest BCUT2D eigenvalue weighted by molar-refractivity contribution is 0.0662. The summed E-state index contributed by atoms with van der Waals surface area (Å²) in [6.07, 6.45) is 0. The first kappa shape index (κ1) is 15.4. The predicted octanol–water partition coefficient (Wildman–Crippen LogP) is 3.71. The highest BCUT2D eigenvalue weighted by Crippen LogP contribution is 2.48. The number of rotatable bonds is 2. The second kappa shape index (κ2) is 5.76. The van der Waals surface area contributed by atoms with Crippen LogP contribution in [0.1, 0.15) is 26.3 Å². The van der Waals surface area contributed by atoms with Gasteiger partial charge in [-0.3, -0.25) is 0 Å². The van der Waals surface area contributed by atoms with Crippen LogP contribution in [0.5, 0.6) is 0 Å². The molecule has 0 saturated heterocycles. The Labute approximate surface area is 130 Å². The van der Waals surface area contributed by atoms with Crippen molar-refractivity contribution in [2.24, 2.45) is 5.92 Å². The second-order valence-corrected chi connectivity index (χ2v) is 5.48. The molecule has 0 saturated carbocycles. The van der Waals surface area contributed by atoms with Gasteiger partial charge >= 0.3 is 0 Å². The molecule has 4 heteroatoms. The summed E-state index contributed by atoms with van der Waals surface area (Å²) in [5.74, 6) is 0.124. The van der Waals surface area contributed by atoms with Gasteiger partial charge in [-0.1, -0.05) is 44.2 Å². The van der Waals surface area contributed by atoms with Gasteiger partial charge in [0.25, 0.3) is 0 Å². The fraction of sp³-hybridized carbons (Fsp3) is 0.278. The minimum atomic E-state index is -0.852. The van der Waals surface area contributed by atoms with Crippen LogP contribution in [0.3, 0.4) is 0 Å². The molecular formula is C18H15N3O. The molecule has 22 heavy (non-hydrogen) atoms. The smallest absolute Gasteiger partial charge is 0.172 e. The summed E-state index contributed by atoms with van der Waals surface area (Å²) < 4.78 is 5.99. The topological polar surface area (TPSA) is 80.6 Å². The van der Waals surface area contributed by atoms with Gasteiger partial charge in [-0.05, 0) is 18.4 Å². The molecule has 1 aromatic carbocycles. The van der Waals surface area contributed by atoms with Crippen LogP contribution < -0.4 is 0 Å². The third-order valence-corrected chi connectivity index (χ3v) is 3.78. The lowest BCUT2D eigenvalue weighted by atomic mass is 9.81. The Balaban J connectivity index is 2.79. The summed E-state index contributed by atoms with van der Waals surface area (Å²) in [5, 5.41) is 27.8. The molecule has 0 radical (unpaired) electrons. The monoisotopic (exact) mass is 289 g/mol. The Bertz CT molecular complexity index is 766. The van der Waals surface area contributed by atoms with E-state index in [0.29, 0.717) is 5.57 Å². The van der Waals surface area contributed by atoms with Crippen molar-refractivity contribution in [2.75, 3.05) is 0 Å². The maximum absolute atomic E-state index is 9.53. The lowest BCUT2D eigenvalue weighted by Gasteiger charge is -2.30. The number of allylic oxidation sites excluding steroid dienone is 2. The van der Waals surface area contributed by atoms with Crippen molar-refractivity contribution < 1.29 is 4.74 Å². The minimum Gasteiger partial charge on any atom is -0.475 e. The van der Waals surface area contributed by atoms with E-state index in [9.17, 15) is 5.26 Å². The van der Waals surface area contributed by atoms with E-state index in [1.54, 1.807) is 0 Å². The Morgan fingerprint density at radius 1 is 1.09 bits per heavy atom. The van der Waals surface area contributed by atoms with E-state index in [1.807, 2.05) is 63.2 Å². The summed E-state index contributed by atoms with van der Waals surface area (Å²) in [6.45, 7) is 5.81. The molecule has 1 atom stereocenters. The van der Waals surface area contributed by atoms with E-state index in [2.05, 4.69) is 6.07 Å². The van der Waals surface area contributed by atoms with Crippen LogP contribution in [0.25, 0.3) is 0 Å². The van der Waals surface area contributed by atoms with Crippen molar-refractivity contribution in [3.63, 3.8) is 0 Å². The average molecular weight is 289 g/mol. The molecule has 4 nitrogen and oxygen atoms in total. The average Bonchev–Trinajstić information content (AvgIpc) is 2.83. The molecule has 0 fully saturated rings. The first-order valence-electron chi connectivity index (χ1n) is 6.93. The van der Waals surface area contributed by atoms with Gasteiger partial charge < -0.3 is 4.74 Å². The molecular weight excluding hydrogens is 274 g/mol.